The number of carbonyl (C=O) groups is 1. The maximum Gasteiger partial charge on any atom is 0.273 e. The summed E-state index contributed by atoms with van der Waals surface area (Å²) in [7, 11) is 0. The number of aryl methyl sites for hydroxylation is 1. The lowest BCUT2D eigenvalue weighted by Crippen LogP contribution is -2.63. The lowest BCUT2D eigenvalue weighted by molar-refractivity contribution is -0.0827. The van der Waals surface area contributed by atoms with Crippen LogP contribution in [0, 0.1) is 6.92 Å². The smallest absolute Gasteiger partial charge is 0.273 e. The van der Waals surface area contributed by atoms with Crippen molar-refractivity contribution < 1.29 is 9.90 Å². The third kappa shape index (κ3) is 2.59. The van der Waals surface area contributed by atoms with Gasteiger partial charge < -0.3 is 10.0 Å². The van der Waals surface area contributed by atoms with Gasteiger partial charge in [0.2, 0.25) is 0 Å². The van der Waals surface area contributed by atoms with Gasteiger partial charge in [-0.05, 0) is 18.9 Å². The van der Waals surface area contributed by atoms with Crippen LogP contribution in [0.15, 0.2) is 29.6 Å². The maximum absolute atomic E-state index is 12.3. The van der Waals surface area contributed by atoms with Crippen LogP contribution in [0.5, 0.6) is 0 Å². The van der Waals surface area contributed by atoms with Crippen LogP contribution in [0.1, 0.15) is 29.4 Å². The Morgan fingerprint density at radius 1 is 1.43 bits per heavy atom. The number of likely N-dealkylation sites (tertiary alicyclic amines) is 1. The van der Waals surface area contributed by atoms with E-state index in [4.69, 9.17) is 0 Å². The minimum Gasteiger partial charge on any atom is -0.386 e. The fraction of sp³-hybridized carbons (Fsp3) is 0.375. The number of amides is 1. The number of hydrogen-bond donors (Lipinski definition) is 1. The summed E-state index contributed by atoms with van der Waals surface area (Å²) in [4.78, 5) is 18.4. The second-order valence-electron chi connectivity index (χ2n) is 5.59. The SMILES string of the molecule is CCC1(O)CN(C(=O)c2csc(-c3ccccc3C)n2)C1. The van der Waals surface area contributed by atoms with Crippen LogP contribution in [-0.2, 0) is 0 Å². The minimum atomic E-state index is -0.704. The standard InChI is InChI=1S/C16H18N2O2S/c1-3-16(20)9-18(10-16)15(19)13-8-21-14(17-13)12-7-5-4-6-11(12)2/h4-8,20H,3,9-10H2,1-2H3. The van der Waals surface area contributed by atoms with Crippen LogP contribution in [0.4, 0.5) is 0 Å². The van der Waals surface area contributed by atoms with E-state index in [2.05, 4.69) is 4.98 Å². The highest BCUT2D eigenvalue weighted by Gasteiger charge is 2.42. The summed E-state index contributed by atoms with van der Waals surface area (Å²) in [6.45, 7) is 4.77. The van der Waals surface area contributed by atoms with Gasteiger partial charge in [0.25, 0.3) is 5.91 Å². The van der Waals surface area contributed by atoms with Gasteiger partial charge in [-0.1, -0.05) is 31.2 Å². The minimum absolute atomic E-state index is 0.0933. The van der Waals surface area contributed by atoms with Crippen LogP contribution in [0.2, 0.25) is 0 Å². The van der Waals surface area contributed by atoms with E-state index >= 15 is 0 Å². The van der Waals surface area contributed by atoms with Gasteiger partial charge >= 0.3 is 0 Å². The summed E-state index contributed by atoms with van der Waals surface area (Å²) in [5, 5.41) is 12.7. The van der Waals surface area contributed by atoms with Gasteiger partial charge in [0.05, 0.1) is 18.7 Å². The zero-order valence-electron chi connectivity index (χ0n) is 12.2. The first kappa shape index (κ1) is 14.2. The molecule has 3 rings (SSSR count). The number of thiazole rings is 1. The molecule has 1 aliphatic rings. The van der Waals surface area contributed by atoms with Crippen molar-refractivity contribution in [3.05, 3.63) is 40.9 Å². The summed E-state index contributed by atoms with van der Waals surface area (Å²) in [5.74, 6) is -0.0933. The fourth-order valence-corrected chi connectivity index (χ4v) is 3.39. The Morgan fingerprint density at radius 3 is 2.81 bits per heavy atom. The largest absolute Gasteiger partial charge is 0.386 e. The topological polar surface area (TPSA) is 53.4 Å². The molecule has 0 radical (unpaired) electrons. The number of rotatable bonds is 3. The van der Waals surface area contributed by atoms with Crippen molar-refractivity contribution in [3.8, 4) is 10.6 Å². The van der Waals surface area contributed by atoms with Crippen molar-refractivity contribution in [2.45, 2.75) is 25.9 Å². The van der Waals surface area contributed by atoms with Gasteiger partial charge in [-0.15, -0.1) is 11.3 Å². The first-order chi connectivity index (χ1) is 10.0. The molecule has 2 heterocycles. The summed E-state index contributed by atoms with van der Waals surface area (Å²) >= 11 is 1.48. The van der Waals surface area contributed by atoms with Gasteiger partial charge in [0.1, 0.15) is 10.7 Å². The van der Waals surface area contributed by atoms with Crippen LogP contribution in [0.25, 0.3) is 10.6 Å². The predicted octanol–water partition coefficient (Wildman–Crippen LogP) is 2.72. The average molecular weight is 302 g/mol. The molecule has 110 valence electrons. The normalized spacial score (nSPS) is 16.6. The lowest BCUT2D eigenvalue weighted by Gasteiger charge is -2.45. The number of benzene rings is 1. The third-order valence-electron chi connectivity index (χ3n) is 4.01. The highest BCUT2D eigenvalue weighted by Crippen LogP contribution is 2.29. The summed E-state index contributed by atoms with van der Waals surface area (Å²) in [6, 6.07) is 8.02. The molecule has 5 heteroatoms. The predicted molar refractivity (Wildman–Crippen MR) is 83.4 cm³/mol. The van der Waals surface area contributed by atoms with Crippen molar-refractivity contribution in [3.63, 3.8) is 0 Å². The van der Waals surface area contributed by atoms with Crippen molar-refractivity contribution in [1.29, 1.82) is 0 Å². The lowest BCUT2D eigenvalue weighted by atomic mass is 9.91. The number of β-amino-alcohol motifs (C(OH)–C–C–N with tert-alkyl or cyclic N) is 1. The molecule has 1 saturated heterocycles. The second kappa shape index (κ2) is 5.24. The van der Waals surface area contributed by atoms with E-state index < -0.39 is 5.60 Å². The van der Waals surface area contributed by atoms with E-state index in [1.165, 1.54) is 11.3 Å². The number of aliphatic hydroxyl groups is 1. The monoisotopic (exact) mass is 302 g/mol. The molecule has 0 atom stereocenters. The van der Waals surface area contributed by atoms with E-state index in [1.54, 1.807) is 10.3 Å². The molecule has 0 saturated carbocycles. The molecule has 21 heavy (non-hydrogen) atoms. The Labute approximate surface area is 128 Å². The molecule has 1 N–H and O–H groups in total. The Bertz CT molecular complexity index is 674. The molecule has 1 aliphatic heterocycles. The summed E-state index contributed by atoms with van der Waals surface area (Å²) in [6.07, 6.45) is 0.669. The molecule has 0 unspecified atom stereocenters. The highest BCUT2D eigenvalue weighted by molar-refractivity contribution is 7.13. The molecule has 1 amide bonds. The van der Waals surface area contributed by atoms with E-state index in [0.717, 1.165) is 16.1 Å². The van der Waals surface area contributed by atoms with Gasteiger partial charge in [-0.2, -0.15) is 0 Å². The average Bonchev–Trinajstić information content (AvgIpc) is 2.93. The van der Waals surface area contributed by atoms with E-state index in [9.17, 15) is 9.90 Å². The number of hydrogen-bond acceptors (Lipinski definition) is 4. The van der Waals surface area contributed by atoms with Crippen LogP contribution in [-0.4, -0.2) is 39.6 Å². The van der Waals surface area contributed by atoms with Crippen LogP contribution >= 0.6 is 11.3 Å². The number of aromatic nitrogens is 1. The zero-order valence-corrected chi connectivity index (χ0v) is 13.0. The summed E-state index contributed by atoms with van der Waals surface area (Å²) in [5.41, 5.74) is 1.98. The number of carbonyl (C=O) groups excluding carboxylic acids is 1. The third-order valence-corrected chi connectivity index (χ3v) is 4.89. The van der Waals surface area contributed by atoms with Gasteiger partial charge in [0, 0.05) is 10.9 Å². The van der Waals surface area contributed by atoms with Gasteiger partial charge in [-0.25, -0.2) is 4.98 Å². The first-order valence-corrected chi connectivity index (χ1v) is 7.93. The Kier molecular flexibility index (Phi) is 3.55. The van der Waals surface area contributed by atoms with Crippen LogP contribution in [0.3, 0.4) is 0 Å². The maximum atomic E-state index is 12.3. The molecule has 4 nitrogen and oxygen atoms in total. The molecule has 0 bridgehead atoms. The number of nitrogens with zero attached hydrogens (tertiary/aromatic N) is 2. The molecule has 2 aromatic rings. The van der Waals surface area contributed by atoms with Gasteiger partial charge in [-0.3, -0.25) is 4.79 Å². The fourth-order valence-electron chi connectivity index (χ4n) is 2.50. The molecule has 1 aromatic carbocycles. The zero-order chi connectivity index (χ0) is 15.0. The molecule has 0 spiro atoms. The highest BCUT2D eigenvalue weighted by atomic mass is 32.1. The molecule has 1 fully saturated rings. The quantitative estimate of drug-likeness (QED) is 0.948. The Hall–Kier alpha value is -1.72. The van der Waals surface area contributed by atoms with E-state index in [-0.39, 0.29) is 5.91 Å². The Balaban J connectivity index is 1.77. The van der Waals surface area contributed by atoms with Gasteiger partial charge in [0.15, 0.2) is 0 Å². The second-order valence-corrected chi connectivity index (χ2v) is 6.45. The Morgan fingerprint density at radius 2 is 2.14 bits per heavy atom. The first-order valence-electron chi connectivity index (χ1n) is 7.05. The van der Waals surface area contributed by atoms with Crippen LogP contribution < -0.4 is 0 Å². The molecule has 0 aliphatic carbocycles. The van der Waals surface area contributed by atoms with Crippen molar-refractivity contribution in [2.75, 3.05) is 13.1 Å². The van der Waals surface area contributed by atoms with Crippen molar-refractivity contribution >= 4 is 17.2 Å². The van der Waals surface area contributed by atoms with E-state index in [1.807, 2.05) is 38.1 Å². The van der Waals surface area contributed by atoms with Crippen molar-refractivity contribution in [2.24, 2.45) is 0 Å². The van der Waals surface area contributed by atoms with Crippen molar-refractivity contribution in [1.82, 2.24) is 9.88 Å². The van der Waals surface area contributed by atoms with E-state index in [0.29, 0.717) is 25.2 Å². The molecular weight excluding hydrogens is 284 g/mol. The molecular formula is C16H18N2O2S. The summed E-state index contributed by atoms with van der Waals surface area (Å²) < 4.78 is 0. The molecule has 1 aromatic heterocycles.